The van der Waals surface area contributed by atoms with Crippen molar-refractivity contribution in [3.63, 3.8) is 0 Å². The van der Waals surface area contributed by atoms with Crippen LogP contribution in [-0.4, -0.2) is 29.5 Å². The summed E-state index contributed by atoms with van der Waals surface area (Å²) in [6.07, 6.45) is 3.10. The third-order valence-corrected chi connectivity index (χ3v) is 4.57. The number of aromatic amines is 1. The number of rotatable bonds is 5. The van der Waals surface area contributed by atoms with Gasteiger partial charge in [-0.2, -0.15) is 0 Å². The molecule has 1 heterocycles. The summed E-state index contributed by atoms with van der Waals surface area (Å²) >= 11 is 0. The van der Waals surface area contributed by atoms with E-state index in [-0.39, 0.29) is 17.0 Å². The minimum absolute atomic E-state index is 0.00501. The summed E-state index contributed by atoms with van der Waals surface area (Å²) in [5.41, 5.74) is 0.980. The topological polar surface area (TPSA) is 112 Å². The average molecular weight is 309 g/mol. The number of carboxylic acid groups (broad SMARTS) is 1. The number of H-pyrrole nitrogens is 1. The first-order valence-electron chi connectivity index (χ1n) is 6.13. The Morgan fingerprint density at radius 1 is 1.33 bits per heavy atom. The number of sulfonamides is 1. The first kappa shape index (κ1) is 15.2. The van der Waals surface area contributed by atoms with Crippen LogP contribution in [0.1, 0.15) is 27.3 Å². The first-order valence-corrected chi connectivity index (χ1v) is 7.62. The van der Waals surface area contributed by atoms with Crippen molar-refractivity contribution in [1.82, 2.24) is 14.7 Å². The maximum absolute atomic E-state index is 12.3. The SMILES string of the molecule is Cc1cc(C)c(S(=O)(=O)NCc2ncc[nH]2)cc1C(=O)O. The van der Waals surface area contributed by atoms with E-state index in [2.05, 4.69) is 14.7 Å². The van der Waals surface area contributed by atoms with Gasteiger partial charge in [0.1, 0.15) is 5.82 Å². The highest BCUT2D eigenvalue weighted by atomic mass is 32.2. The van der Waals surface area contributed by atoms with Gasteiger partial charge in [-0.3, -0.25) is 0 Å². The van der Waals surface area contributed by atoms with Crippen LogP contribution < -0.4 is 4.72 Å². The number of carbonyl (C=O) groups is 1. The number of hydrogen-bond donors (Lipinski definition) is 3. The summed E-state index contributed by atoms with van der Waals surface area (Å²) in [5.74, 6) is -0.684. The molecule has 1 aromatic carbocycles. The van der Waals surface area contributed by atoms with Crippen LogP contribution in [0.3, 0.4) is 0 Å². The lowest BCUT2D eigenvalue weighted by Crippen LogP contribution is -2.25. The van der Waals surface area contributed by atoms with Gasteiger partial charge in [-0.1, -0.05) is 6.07 Å². The molecule has 2 rings (SSSR count). The summed E-state index contributed by atoms with van der Waals surface area (Å²) in [5, 5.41) is 9.10. The number of benzene rings is 1. The van der Waals surface area contributed by atoms with Gasteiger partial charge in [-0.05, 0) is 31.0 Å². The smallest absolute Gasteiger partial charge is 0.335 e. The zero-order chi connectivity index (χ0) is 15.6. The van der Waals surface area contributed by atoms with Crippen LogP contribution in [0.4, 0.5) is 0 Å². The number of aryl methyl sites for hydroxylation is 2. The fourth-order valence-corrected chi connectivity index (χ4v) is 3.23. The maximum atomic E-state index is 12.3. The molecule has 0 spiro atoms. The molecular formula is C13H15N3O4S. The molecule has 1 aromatic heterocycles. The van der Waals surface area contributed by atoms with Gasteiger partial charge in [0.15, 0.2) is 0 Å². The van der Waals surface area contributed by atoms with E-state index in [1.165, 1.54) is 12.3 Å². The molecule has 0 aliphatic rings. The molecule has 0 saturated carbocycles. The Balaban J connectivity index is 2.35. The van der Waals surface area contributed by atoms with Gasteiger partial charge in [0, 0.05) is 12.4 Å². The molecule has 112 valence electrons. The molecule has 0 unspecified atom stereocenters. The van der Waals surface area contributed by atoms with Crippen molar-refractivity contribution < 1.29 is 18.3 Å². The zero-order valence-corrected chi connectivity index (χ0v) is 12.4. The predicted octanol–water partition coefficient (Wildman–Crippen LogP) is 1.20. The molecule has 2 aromatic rings. The number of aromatic nitrogens is 2. The Kier molecular flexibility index (Phi) is 4.10. The fourth-order valence-electron chi connectivity index (χ4n) is 1.99. The second-order valence-electron chi connectivity index (χ2n) is 4.60. The highest BCUT2D eigenvalue weighted by molar-refractivity contribution is 7.89. The number of nitrogens with zero attached hydrogens (tertiary/aromatic N) is 1. The minimum atomic E-state index is -3.81. The number of aromatic carboxylic acids is 1. The van der Waals surface area contributed by atoms with Gasteiger partial charge in [0.25, 0.3) is 0 Å². The molecule has 21 heavy (non-hydrogen) atoms. The van der Waals surface area contributed by atoms with E-state index < -0.39 is 16.0 Å². The van der Waals surface area contributed by atoms with Crippen molar-refractivity contribution in [2.45, 2.75) is 25.3 Å². The van der Waals surface area contributed by atoms with Crippen molar-refractivity contribution in [3.8, 4) is 0 Å². The third kappa shape index (κ3) is 3.29. The van der Waals surface area contributed by atoms with Crippen molar-refractivity contribution in [2.75, 3.05) is 0 Å². The molecule has 0 radical (unpaired) electrons. The van der Waals surface area contributed by atoms with E-state index in [0.717, 1.165) is 0 Å². The predicted molar refractivity (Wildman–Crippen MR) is 75.5 cm³/mol. The largest absolute Gasteiger partial charge is 0.478 e. The van der Waals surface area contributed by atoms with Crippen LogP contribution in [-0.2, 0) is 16.6 Å². The van der Waals surface area contributed by atoms with Crippen molar-refractivity contribution in [3.05, 3.63) is 47.0 Å². The van der Waals surface area contributed by atoms with Crippen LogP contribution in [0.5, 0.6) is 0 Å². The number of hydrogen-bond acceptors (Lipinski definition) is 4. The lowest BCUT2D eigenvalue weighted by molar-refractivity contribution is 0.0696. The van der Waals surface area contributed by atoms with Gasteiger partial charge in [0.05, 0.1) is 17.0 Å². The third-order valence-electron chi connectivity index (χ3n) is 3.03. The molecule has 0 amide bonds. The molecule has 0 atom stereocenters. The molecule has 0 fully saturated rings. The average Bonchev–Trinajstić information content (AvgIpc) is 2.88. The molecule has 0 aliphatic heterocycles. The highest BCUT2D eigenvalue weighted by Gasteiger charge is 2.20. The van der Waals surface area contributed by atoms with Gasteiger partial charge < -0.3 is 10.1 Å². The zero-order valence-electron chi connectivity index (χ0n) is 11.5. The summed E-state index contributed by atoms with van der Waals surface area (Å²) in [6.45, 7) is 3.26. The van der Waals surface area contributed by atoms with Crippen LogP contribution >= 0.6 is 0 Å². The summed E-state index contributed by atoms with van der Waals surface area (Å²) in [4.78, 5) is 17.8. The second kappa shape index (κ2) is 5.66. The monoisotopic (exact) mass is 309 g/mol. The summed E-state index contributed by atoms with van der Waals surface area (Å²) < 4.78 is 27.0. The van der Waals surface area contributed by atoms with Crippen molar-refractivity contribution in [1.29, 1.82) is 0 Å². The number of imidazole rings is 1. The Labute approximate surface area is 122 Å². The van der Waals surface area contributed by atoms with E-state index in [9.17, 15) is 13.2 Å². The van der Waals surface area contributed by atoms with E-state index in [1.54, 1.807) is 26.1 Å². The Morgan fingerprint density at radius 3 is 2.62 bits per heavy atom. The van der Waals surface area contributed by atoms with E-state index in [4.69, 9.17) is 5.11 Å². The van der Waals surface area contributed by atoms with Crippen LogP contribution in [0.2, 0.25) is 0 Å². The van der Waals surface area contributed by atoms with Gasteiger partial charge in [0.2, 0.25) is 10.0 Å². The molecule has 3 N–H and O–H groups in total. The minimum Gasteiger partial charge on any atom is -0.478 e. The lowest BCUT2D eigenvalue weighted by Gasteiger charge is -2.11. The Bertz CT molecular complexity index is 767. The van der Waals surface area contributed by atoms with Crippen molar-refractivity contribution >= 4 is 16.0 Å². The van der Waals surface area contributed by atoms with Gasteiger partial charge in [-0.15, -0.1) is 0 Å². The molecule has 8 heteroatoms. The second-order valence-corrected chi connectivity index (χ2v) is 6.33. The van der Waals surface area contributed by atoms with Gasteiger partial charge >= 0.3 is 5.97 Å². The Morgan fingerprint density at radius 2 is 2.05 bits per heavy atom. The normalized spacial score (nSPS) is 11.5. The summed E-state index contributed by atoms with van der Waals surface area (Å²) in [7, 11) is -3.81. The van der Waals surface area contributed by atoms with Gasteiger partial charge in [-0.25, -0.2) is 22.9 Å². The van der Waals surface area contributed by atoms with E-state index in [1.807, 2.05) is 0 Å². The van der Waals surface area contributed by atoms with Crippen LogP contribution in [0.25, 0.3) is 0 Å². The van der Waals surface area contributed by atoms with Crippen molar-refractivity contribution in [2.24, 2.45) is 0 Å². The summed E-state index contributed by atoms with van der Waals surface area (Å²) in [6, 6.07) is 2.72. The maximum Gasteiger partial charge on any atom is 0.335 e. The van der Waals surface area contributed by atoms with E-state index >= 15 is 0 Å². The van der Waals surface area contributed by atoms with E-state index in [0.29, 0.717) is 17.0 Å². The number of nitrogens with one attached hydrogen (secondary N) is 2. The molecule has 0 aliphatic carbocycles. The highest BCUT2D eigenvalue weighted by Crippen LogP contribution is 2.20. The fraction of sp³-hybridized carbons (Fsp3) is 0.231. The van der Waals surface area contributed by atoms with Crippen LogP contribution in [0, 0.1) is 13.8 Å². The number of carboxylic acids is 1. The lowest BCUT2D eigenvalue weighted by atomic mass is 10.1. The molecular weight excluding hydrogens is 294 g/mol. The molecule has 0 bridgehead atoms. The Hall–Kier alpha value is -2.19. The standard InChI is InChI=1S/C13H15N3O4S/c1-8-5-9(2)11(6-10(8)13(17)18)21(19,20)16-7-12-14-3-4-15-12/h3-6,16H,7H2,1-2H3,(H,14,15)(H,17,18). The molecule has 7 nitrogen and oxygen atoms in total. The first-order chi connectivity index (χ1) is 9.81. The molecule has 0 saturated heterocycles. The quantitative estimate of drug-likeness (QED) is 0.768. The van der Waals surface area contributed by atoms with Crippen LogP contribution in [0.15, 0.2) is 29.4 Å².